The molecule has 0 aromatic carbocycles. The predicted octanol–water partition coefficient (Wildman–Crippen LogP) is -1.32. The van der Waals surface area contributed by atoms with Crippen LogP contribution in [0.5, 0.6) is 0 Å². The van der Waals surface area contributed by atoms with Crippen molar-refractivity contribution < 1.29 is 13.2 Å². The Labute approximate surface area is 121 Å². The first-order valence-electron chi connectivity index (χ1n) is 6.51. The standard InChI is InChI=1S/C12H17N3O5S/c1-13-7-10(11(17)14(2)12(13)18)21(19,20)15-5-3-9(8-16)4-6-15/h7-9H,3-6H2,1-2H3. The van der Waals surface area contributed by atoms with Crippen LogP contribution in [-0.2, 0) is 28.9 Å². The molecule has 2 heterocycles. The van der Waals surface area contributed by atoms with Crippen molar-refractivity contribution in [1.82, 2.24) is 13.4 Å². The van der Waals surface area contributed by atoms with Gasteiger partial charge in [0.2, 0.25) is 10.0 Å². The van der Waals surface area contributed by atoms with E-state index in [9.17, 15) is 22.8 Å². The van der Waals surface area contributed by atoms with Gasteiger partial charge in [0, 0.05) is 39.3 Å². The van der Waals surface area contributed by atoms with E-state index in [4.69, 9.17) is 0 Å². The van der Waals surface area contributed by atoms with E-state index in [-0.39, 0.29) is 19.0 Å². The van der Waals surface area contributed by atoms with E-state index in [1.807, 2.05) is 0 Å². The van der Waals surface area contributed by atoms with Gasteiger partial charge in [-0.05, 0) is 12.8 Å². The molecule has 8 nitrogen and oxygen atoms in total. The molecule has 0 bridgehead atoms. The molecule has 0 spiro atoms. The van der Waals surface area contributed by atoms with Gasteiger partial charge < -0.3 is 9.36 Å². The maximum Gasteiger partial charge on any atom is 0.330 e. The second kappa shape index (κ2) is 5.57. The number of aryl methyl sites for hydroxylation is 1. The van der Waals surface area contributed by atoms with Crippen LogP contribution in [0.2, 0.25) is 0 Å². The lowest BCUT2D eigenvalue weighted by molar-refractivity contribution is -0.112. The summed E-state index contributed by atoms with van der Waals surface area (Å²) in [6.45, 7) is 0.384. The van der Waals surface area contributed by atoms with Crippen molar-refractivity contribution >= 4 is 16.3 Å². The van der Waals surface area contributed by atoms with Gasteiger partial charge in [0.15, 0.2) is 4.90 Å². The predicted molar refractivity (Wildman–Crippen MR) is 74.5 cm³/mol. The normalized spacial score (nSPS) is 17.8. The lowest BCUT2D eigenvalue weighted by Gasteiger charge is -2.28. The van der Waals surface area contributed by atoms with Crippen LogP contribution < -0.4 is 11.2 Å². The lowest BCUT2D eigenvalue weighted by Crippen LogP contribution is -2.44. The van der Waals surface area contributed by atoms with Crippen LogP contribution in [0.1, 0.15) is 12.8 Å². The molecule has 116 valence electrons. The summed E-state index contributed by atoms with van der Waals surface area (Å²) in [5.74, 6) is -0.139. The molecule has 0 saturated carbocycles. The van der Waals surface area contributed by atoms with Crippen molar-refractivity contribution in [3.05, 3.63) is 27.0 Å². The first-order chi connectivity index (χ1) is 9.78. The SMILES string of the molecule is Cn1cc(S(=O)(=O)N2CCC(C=O)CC2)c(=O)n(C)c1=O. The van der Waals surface area contributed by atoms with Crippen LogP contribution in [0.4, 0.5) is 0 Å². The zero-order valence-electron chi connectivity index (χ0n) is 11.9. The molecule has 0 atom stereocenters. The van der Waals surface area contributed by atoms with Gasteiger partial charge in [0.25, 0.3) is 5.56 Å². The van der Waals surface area contributed by atoms with Gasteiger partial charge in [-0.1, -0.05) is 0 Å². The number of nitrogens with zero attached hydrogens (tertiary/aromatic N) is 3. The van der Waals surface area contributed by atoms with E-state index in [1.54, 1.807) is 0 Å². The summed E-state index contributed by atoms with van der Waals surface area (Å²) in [6.07, 6.45) is 2.75. The Kier molecular flexibility index (Phi) is 4.15. The molecule has 9 heteroatoms. The Bertz CT molecular complexity index is 769. The molecule has 1 aromatic heterocycles. The summed E-state index contributed by atoms with van der Waals surface area (Å²) < 4.78 is 28.1. The molecule has 1 aromatic rings. The Morgan fingerprint density at radius 3 is 2.29 bits per heavy atom. The molecule has 0 unspecified atom stereocenters. The molecule has 1 aliphatic rings. The molecule has 0 radical (unpaired) electrons. The maximum absolute atomic E-state index is 12.5. The third-order valence-electron chi connectivity index (χ3n) is 3.72. The van der Waals surface area contributed by atoms with E-state index in [0.29, 0.717) is 12.8 Å². The largest absolute Gasteiger partial charge is 0.330 e. The minimum absolute atomic E-state index is 0.139. The first-order valence-corrected chi connectivity index (χ1v) is 7.95. The third-order valence-corrected chi connectivity index (χ3v) is 5.60. The van der Waals surface area contributed by atoms with E-state index in [0.717, 1.165) is 21.6 Å². The Balaban J connectivity index is 2.44. The summed E-state index contributed by atoms with van der Waals surface area (Å²) >= 11 is 0. The highest BCUT2D eigenvalue weighted by molar-refractivity contribution is 7.89. The molecule has 0 amide bonds. The van der Waals surface area contributed by atoms with E-state index in [1.165, 1.54) is 18.4 Å². The van der Waals surface area contributed by atoms with Crippen LogP contribution in [0.3, 0.4) is 0 Å². The van der Waals surface area contributed by atoms with Gasteiger partial charge in [-0.15, -0.1) is 0 Å². The van der Waals surface area contributed by atoms with Crippen LogP contribution in [-0.4, -0.2) is 41.2 Å². The van der Waals surface area contributed by atoms with Crippen molar-refractivity contribution in [2.24, 2.45) is 20.0 Å². The van der Waals surface area contributed by atoms with Gasteiger partial charge in [-0.3, -0.25) is 9.36 Å². The quantitative estimate of drug-likeness (QED) is 0.645. The summed E-state index contributed by atoms with van der Waals surface area (Å²) in [6, 6.07) is 0. The van der Waals surface area contributed by atoms with Crippen LogP contribution in [0, 0.1) is 5.92 Å². The highest BCUT2D eigenvalue weighted by Gasteiger charge is 2.32. The fourth-order valence-electron chi connectivity index (χ4n) is 2.34. The highest BCUT2D eigenvalue weighted by atomic mass is 32.2. The number of aromatic nitrogens is 2. The average molecular weight is 315 g/mol. The Morgan fingerprint density at radius 2 is 1.76 bits per heavy atom. The first kappa shape index (κ1) is 15.6. The Morgan fingerprint density at radius 1 is 1.19 bits per heavy atom. The fraction of sp³-hybridized carbons (Fsp3) is 0.583. The van der Waals surface area contributed by atoms with Crippen molar-refractivity contribution in [1.29, 1.82) is 0 Å². The number of hydrogen-bond acceptors (Lipinski definition) is 5. The molecule has 1 fully saturated rings. The van der Waals surface area contributed by atoms with Gasteiger partial charge in [0.05, 0.1) is 0 Å². The monoisotopic (exact) mass is 315 g/mol. The highest BCUT2D eigenvalue weighted by Crippen LogP contribution is 2.20. The molecule has 0 N–H and O–H groups in total. The third kappa shape index (κ3) is 2.70. The summed E-state index contributed by atoms with van der Waals surface area (Å²) in [4.78, 5) is 33.9. The smallest absolute Gasteiger partial charge is 0.303 e. The maximum atomic E-state index is 12.5. The molecule has 0 aliphatic carbocycles. The second-order valence-corrected chi connectivity index (χ2v) is 7.03. The number of sulfonamides is 1. The molecule has 21 heavy (non-hydrogen) atoms. The fourth-order valence-corrected chi connectivity index (χ4v) is 3.96. The second-order valence-electron chi connectivity index (χ2n) is 5.13. The Hall–Kier alpha value is -1.74. The number of carbonyl (C=O) groups excluding carboxylic acids is 1. The minimum Gasteiger partial charge on any atom is -0.303 e. The molecular weight excluding hydrogens is 298 g/mol. The number of carbonyl (C=O) groups is 1. The van der Waals surface area contributed by atoms with Gasteiger partial charge >= 0.3 is 5.69 Å². The molecule has 2 rings (SSSR count). The number of piperidine rings is 1. The van der Waals surface area contributed by atoms with Crippen molar-refractivity contribution in [3.63, 3.8) is 0 Å². The zero-order valence-corrected chi connectivity index (χ0v) is 12.7. The van der Waals surface area contributed by atoms with Crippen molar-refractivity contribution in [2.75, 3.05) is 13.1 Å². The summed E-state index contributed by atoms with van der Waals surface area (Å²) in [5.41, 5.74) is -1.42. The number of hydrogen-bond donors (Lipinski definition) is 0. The molecule has 1 saturated heterocycles. The number of aldehydes is 1. The molecule has 1 aliphatic heterocycles. The van der Waals surface area contributed by atoms with Crippen molar-refractivity contribution in [2.45, 2.75) is 17.7 Å². The van der Waals surface area contributed by atoms with Crippen LogP contribution in [0.15, 0.2) is 20.7 Å². The van der Waals surface area contributed by atoms with Crippen LogP contribution in [0.25, 0.3) is 0 Å². The number of rotatable bonds is 3. The van der Waals surface area contributed by atoms with Gasteiger partial charge in [-0.2, -0.15) is 4.31 Å². The zero-order chi connectivity index (χ0) is 15.8. The summed E-state index contributed by atoms with van der Waals surface area (Å²) in [5, 5.41) is 0. The molecular formula is C12H17N3O5S. The lowest BCUT2D eigenvalue weighted by atomic mass is 10.0. The van der Waals surface area contributed by atoms with Crippen LogP contribution >= 0.6 is 0 Å². The van der Waals surface area contributed by atoms with E-state index < -0.39 is 26.2 Å². The summed E-state index contributed by atoms with van der Waals surface area (Å²) in [7, 11) is -1.34. The topological polar surface area (TPSA) is 98.4 Å². The van der Waals surface area contributed by atoms with Crippen molar-refractivity contribution in [3.8, 4) is 0 Å². The van der Waals surface area contributed by atoms with Gasteiger partial charge in [0.1, 0.15) is 6.29 Å². The average Bonchev–Trinajstić information content (AvgIpc) is 2.48. The van der Waals surface area contributed by atoms with Gasteiger partial charge in [-0.25, -0.2) is 13.2 Å². The minimum atomic E-state index is -3.96. The van der Waals surface area contributed by atoms with E-state index in [2.05, 4.69) is 0 Å². The van der Waals surface area contributed by atoms with E-state index >= 15 is 0 Å².